The molecular formula is C11H12O. The predicted molar refractivity (Wildman–Crippen MR) is 48.0 cm³/mol. The molecule has 12 heavy (non-hydrogen) atoms. The molecule has 1 heteroatoms. The zero-order valence-corrected chi connectivity index (χ0v) is 7.16. The van der Waals surface area contributed by atoms with E-state index in [-0.39, 0.29) is 5.41 Å². The highest BCUT2D eigenvalue weighted by atomic mass is 16.1. The standard InChI is InChI=1S/C11H12O/c1-11(8-12)7-10(11)9-5-3-2-4-6-9/h2-6,8,10H,7H2,1H3/t10-,11-/m1/s1. The Labute approximate surface area is 72.4 Å². The number of hydrogen-bond acceptors (Lipinski definition) is 1. The molecule has 0 aromatic heterocycles. The van der Waals surface area contributed by atoms with Crippen molar-refractivity contribution in [3.8, 4) is 0 Å². The van der Waals surface area contributed by atoms with Crippen molar-refractivity contribution in [1.29, 1.82) is 0 Å². The molecule has 1 aliphatic rings. The van der Waals surface area contributed by atoms with Crippen molar-refractivity contribution in [3.05, 3.63) is 35.9 Å². The van der Waals surface area contributed by atoms with Gasteiger partial charge < -0.3 is 4.79 Å². The van der Waals surface area contributed by atoms with Gasteiger partial charge in [0.15, 0.2) is 0 Å². The molecule has 0 saturated heterocycles. The fourth-order valence-corrected chi connectivity index (χ4v) is 1.70. The first-order valence-corrected chi connectivity index (χ1v) is 4.27. The maximum atomic E-state index is 10.7. The highest BCUT2D eigenvalue weighted by Crippen LogP contribution is 2.57. The summed E-state index contributed by atoms with van der Waals surface area (Å²) >= 11 is 0. The lowest BCUT2D eigenvalue weighted by Crippen LogP contribution is -1.97. The van der Waals surface area contributed by atoms with Crippen molar-refractivity contribution in [1.82, 2.24) is 0 Å². The number of benzene rings is 1. The van der Waals surface area contributed by atoms with E-state index in [1.54, 1.807) is 0 Å². The van der Waals surface area contributed by atoms with Gasteiger partial charge in [-0.1, -0.05) is 37.3 Å². The minimum Gasteiger partial charge on any atom is -0.303 e. The topological polar surface area (TPSA) is 17.1 Å². The summed E-state index contributed by atoms with van der Waals surface area (Å²) in [5.41, 5.74) is 1.23. The van der Waals surface area contributed by atoms with Crippen LogP contribution in [0.1, 0.15) is 24.8 Å². The average molecular weight is 160 g/mol. The van der Waals surface area contributed by atoms with Gasteiger partial charge in [-0.15, -0.1) is 0 Å². The van der Waals surface area contributed by atoms with Gasteiger partial charge in [-0.05, 0) is 17.9 Å². The lowest BCUT2D eigenvalue weighted by atomic mass is 10.0. The first-order valence-electron chi connectivity index (χ1n) is 4.27. The monoisotopic (exact) mass is 160 g/mol. The third-order valence-electron chi connectivity index (χ3n) is 2.75. The third-order valence-corrected chi connectivity index (χ3v) is 2.75. The molecule has 0 amide bonds. The van der Waals surface area contributed by atoms with Gasteiger partial charge in [-0.3, -0.25) is 0 Å². The molecule has 1 aliphatic carbocycles. The fourth-order valence-electron chi connectivity index (χ4n) is 1.70. The zero-order chi connectivity index (χ0) is 8.60. The molecule has 2 atom stereocenters. The minimum absolute atomic E-state index is 0.0681. The highest BCUT2D eigenvalue weighted by Gasteiger charge is 2.50. The van der Waals surface area contributed by atoms with Crippen LogP contribution in [0, 0.1) is 5.41 Å². The molecule has 0 heterocycles. The predicted octanol–water partition coefficient (Wildman–Crippen LogP) is 2.38. The minimum atomic E-state index is -0.0681. The molecule has 0 aliphatic heterocycles. The molecule has 0 bridgehead atoms. The molecule has 0 spiro atoms. The van der Waals surface area contributed by atoms with Gasteiger partial charge in [-0.25, -0.2) is 0 Å². The summed E-state index contributed by atoms with van der Waals surface area (Å²) in [6.07, 6.45) is 2.10. The van der Waals surface area contributed by atoms with Crippen LogP contribution in [0.15, 0.2) is 30.3 Å². The van der Waals surface area contributed by atoms with E-state index in [1.165, 1.54) is 5.56 Å². The Hall–Kier alpha value is -1.11. The normalized spacial score (nSPS) is 32.9. The van der Waals surface area contributed by atoms with E-state index < -0.39 is 0 Å². The molecule has 0 unspecified atom stereocenters. The van der Waals surface area contributed by atoms with E-state index in [4.69, 9.17) is 0 Å². The van der Waals surface area contributed by atoms with Gasteiger partial charge in [-0.2, -0.15) is 0 Å². The second-order valence-electron chi connectivity index (χ2n) is 3.79. The van der Waals surface area contributed by atoms with E-state index in [2.05, 4.69) is 12.1 Å². The SMILES string of the molecule is C[C@]1(C=O)C[C@@H]1c1ccccc1. The Morgan fingerprint density at radius 1 is 1.42 bits per heavy atom. The zero-order valence-electron chi connectivity index (χ0n) is 7.16. The van der Waals surface area contributed by atoms with Crippen molar-refractivity contribution in [2.75, 3.05) is 0 Å². The van der Waals surface area contributed by atoms with E-state index in [0.717, 1.165) is 12.7 Å². The smallest absolute Gasteiger partial charge is 0.126 e. The second-order valence-corrected chi connectivity index (χ2v) is 3.79. The van der Waals surface area contributed by atoms with Gasteiger partial charge in [0.05, 0.1) is 0 Å². The molecule has 0 radical (unpaired) electrons. The van der Waals surface area contributed by atoms with E-state index in [1.807, 2.05) is 25.1 Å². The van der Waals surface area contributed by atoms with Crippen LogP contribution in [-0.2, 0) is 4.79 Å². The summed E-state index contributed by atoms with van der Waals surface area (Å²) in [6.45, 7) is 2.03. The average Bonchev–Trinajstić information content (AvgIpc) is 2.81. The van der Waals surface area contributed by atoms with Crippen molar-refractivity contribution >= 4 is 6.29 Å². The summed E-state index contributed by atoms with van der Waals surface area (Å²) in [7, 11) is 0. The van der Waals surface area contributed by atoms with Crippen molar-refractivity contribution in [3.63, 3.8) is 0 Å². The van der Waals surface area contributed by atoms with Gasteiger partial charge in [0, 0.05) is 5.41 Å². The van der Waals surface area contributed by atoms with Gasteiger partial charge in [0.2, 0.25) is 0 Å². The molecule has 1 fully saturated rings. The molecule has 1 saturated carbocycles. The van der Waals surface area contributed by atoms with Crippen LogP contribution >= 0.6 is 0 Å². The summed E-state index contributed by atoms with van der Waals surface area (Å²) in [5.74, 6) is 0.469. The number of rotatable bonds is 2. The molecule has 1 aromatic carbocycles. The Balaban J connectivity index is 2.21. The quantitative estimate of drug-likeness (QED) is 0.607. The number of aldehydes is 1. The third kappa shape index (κ3) is 1.06. The molecule has 1 nitrogen and oxygen atoms in total. The molecule has 2 rings (SSSR count). The van der Waals surface area contributed by atoms with Gasteiger partial charge in [0.1, 0.15) is 6.29 Å². The lowest BCUT2D eigenvalue weighted by molar-refractivity contribution is -0.111. The first-order chi connectivity index (χ1) is 5.76. The van der Waals surface area contributed by atoms with Crippen molar-refractivity contribution in [2.45, 2.75) is 19.3 Å². The van der Waals surface area contributed by atoms with Crippen LogP contribution in [0.5, 0.6) is 0 Å². The molecule has 0 N–H and O–H groups in total. The molecule has 1 aromatic rings. The number of carbonyl (C=O) groups is 1. The lowest BCUT2D eigenvalue weighted by Gasteiger charge is -2.00. The van der Waals surface area contributed by atoms with Crippen molar-refractivity contribution < 1.29 is 4.79 Å². The summed E-state index contributed by atoms with van der Waals surface area (Å²) in [5, 5.41) is 0. The van der Waals surface area contributed by atoms with Crippen LogP contribution in [-0.4, -0.2) is 6.29 Å². The maximum Gasteiger partial charge on any atom is 0.126 e. The Kier molecular flexibility index (Phi) is 1.53. The van der Waals surface area contributed by atoms with Gasteiger partial charge in [0.25, 0.3) is 0 Å². The molecule has 62 valence electrons. The largest absolute Gasteiger partial charge is 0.303 e. The van der Waals surface area contributed by atoms with Crippen LogP contribution in [0.2, 0.25) is 0 Å². The first kappa shape index (κ1) is 7.53. The number of hydrogen-bond donors (Lipinski definition) is 0. The summed E-state index contributed by atoms with van der Waals surface area (Å²) in [4.78, 5) is 10.7. The van der Waals surface area contributed by atoms with Crippen LogP contribution < -0.4 is 0 Å². The Morgan fingerprint density at radius 2 is 2.08 bits per heavy atom. The second kappa shape index (κ2) is 2.44. The van der Waals surface area contributed by atoms with Crippen LogP contribution in [0.4, 0.5) is 0 Å². The highest BCUT2D eigenvalue weighted by molar-refractivity contribution is 5.67. The van der Waals surface area contributed by atoms with Crippen molar-refractivity contribution in [2.24, 2.45) is 5.41 Å². The number of carbonyl (C=O) groups excluding carboxylic acids is 1. The van der Waals surface area contributed by atoms with Crippen LogP contribution in [0.25, 0.3) is 0 Å². The molecular weight excluding hydrogens is 148 g/mol. The Morgan fingerprint density at radius 3 is 2.58 bits per heavy atom. The van der Waals surface area contributed by atoms with E-state index in [0.29, 0.717) is 5.92 Å². The van der Waals surface area contributed by atoms with Gasteiger partial charge >= 0.3 is 0 Å². The summed E-state index contributed by atoms with van der Waals surface area (Å²) < 4.78 is 0. The van der Waals surface area contributed by atoms with E-state index >= 15 is 0 Å². The maximum absolute atomic E-state index is 10.7. The summed E-state index contributed by atoms with van der Waals surface area (Å²) in [6, 6.07) is 10.3. The van der Waals surface area contributed by atoms with E-state index in [9.17, 15) is 4.79 Å². The fraction of sp³-hybridized carbons (Fsp3) is 0.364. The Bertz CT molecular complexity index is 291. The van der Waals surface area contributed by atoms with Crippen LogP contribution in [0.3, 0.4) is 0 Å².